The first-order chi connectivity index (χ1) is 15.0. The van der Waals surface area contributed by atoms with Crippen LogP contribution < -0.4 is 19.5 Å². The standard InChI is InChI=1S/C23H34N2O6S/c1-6-21(27)24-16-12-19(31-8-3)17(13-18(16)30-7-2)25-32(28,29)14-23-10-9-15(11-20(23)26)22(23,4)5/h12-13,15,25H,6-11,14H2,1-5H3,(H,24,27). The van der Waals surface area contributed by atoms with Gasteiger partial charge in [-0.1, -0.05) is 20.8 Å². The maximum Gasteiger partial charge on any atom is 0.233 e. The Bertz CT molecular complexity index is 1000. The summed E-state index contributed by atoms with van der Waals surface area (Å²) in [5.74, 6) is 0.443. The molecule has 9 heteroatoms. The smallest absolute Gasteiger partial charge is 0.233 e. The van der Waals surface area contributed by atoms with E-state index in [2.05, 4.69) is 10.0 Å². The van der Waals surface area contributed by atoms with E-state index in [-0.39, 0.29) is 46.6 Å². The first kappa shape index (κ1) is 24.4. The van der Waals surface area contributed by atoms with Gasteiger partial charge in [-0.3, -0.25) is 14.3 Å². The second-order valence-electron chi connectivity index (χ2n) is 9.14. The zero-order chi connectivity index (χ0) is 23.7. The highest BCUT2D eigenvalue weighted by Crippen LogP contribution is 2.64. The molecular weight excluding hydrogens is 432 g/mol. The van der Waals surface area contributed by atoms with E-state index in [0.29, 0.717) is 37.5 Å². The third-order valence-electron chi connectivity index (χ3n) is 7.12. The van der Waals surface area contributed by atoms with Crippen molar-refractivity contribution in [3.8, 4) is 11.5 Å². The molecular formula is C23H34N2O6S. The quantitative estimate of drug-likeness (QED) is 0.540. The highest BCUT2D eigenvalue weighted by molar-refractivity contribution is 7.92. The van der Waals surface area contributed by atoms with Gasteiger partial charge in [-0.25, -0.2) is 8.42 Å². The Balaban J connectivity index is 1.95. The molecule has 2 fully saturated rings. The Morgan fingerprint density at radius 3 is 2.19 bits per heavy atom. The van der Waals surface area contributed by atoms with Crippen LogP contribution in [0, 0.1) is 16.7 Å². The van der Waals surface area contributed by atoms with Crippen molar-refractivity contribution in [2.24, 2.45) is 16.7 Å². The van der Waals surface area contributed by atoms with Gasteiger partial charge in [0.25, 0.3) is 0 Å². The lowest BCUT2D eigenvalue weighted by molar-refractivity contribution is -0.128. The largest absolute Gasteiger partial charge is 0.492 e. The second kappa shape index (κ2) is 8.92. The summed E-state index contributed by atoms with van der Waals surface area (Å²) in [6, 6.07) is 3.09. The second-order valence-corrected chi connectivity index (χ2v) is 10.9. The minimum Gasteiger partial charge on any atom is -0.492 e. The fraction of sp³-hybridized carbons (Fsp3) is 0.652. The van der Waals surface area contributed by atoms with Crippen LogP contribution >= 0.6 is 0 Å². The highest BCUT2D eigenvalue weighted by Gasteiger charge is 2.65. The monoisotopic (exact) mass is 466 g/mol. The van der Waals surface area contributed by atoms with Crippen molar-refractivity contribution in [2.75, 3.05) is 29.0 Å². The number of benzene rings is 1. The SMILES string of the molecule is CCOc1cc(NS(=O)(=O)CC23CCC(CC2=O)C3(C)C)c(OCC)cc1NC(=O)CC. The van der Waals surface area contributed by atoms with E-state index in [1.165, 1.54) is 6.07 Å². The van der Waals surface area contributed by atoms with Gasteiger partial charge in [0.1, 0.15) is 17.3 Å². The van der Waals surface area contributed by atoms with Gasteiger partial charge in [0, 0.05) is 25.0 Å². The van der Waals surface area contributed by atoms with E-state index in [0.717, 1.165) is 6.42 Å². The van der Waals surface area contributed by atoms with Crippen molar-refractivity contribution in [3.05, 3.63) is 12.1 Å². The van der Waals surface area contributed by atoms with Gasteiger partial charge in [-0.05, 0) is 38.0 Å². The molecule has 2 aliphatic carbocycles. The molecule has 1 amide bonds. The zero-order valence-corrected chi connectivity index (χ0v) is 20.4. The molecule has 3 rings (SSSR count). The summed E-state index contributed by atoms with van der Waals surface area (Å²) in [5.41, 5.74) is -0.590. The van der Waals surface area contributed by atoms with Gasteiger partial charge in [0.2, 0.25) is 15.9 Å². The van der Waals surface area contributed by atoms with Crippen LogP contribution in [0.25, 0.3) is 0 Å². The fourth-order valence-electron chi connectivity index (χ4n) is 5.16. The van der Waals surface area contributed by atoms with Gasteiger partial charge in [0.05, 0.1) is 35.8 Å². The van der Waals surface area contributed by atoms with E-state index < -0.39 is 15.4 Å². The highest BCUT2D eigenvalue weighted by atomic mass is 32.2. The fourth-order valence-corrected chi connectivity index (χ4v) is 7.05. The van der Waals surface area contributed by atoms with Crippen molar-refractivity contribution < 1.29 is 27.5 Å². The number of Topliss-reactive ketones (excluding diaryl/α,β-unsaturated/α-hetero) is 1. The van der Waals surface area contributed by atoms with Crippen molar-refractivity contribution in [1.29, 1.82) is 0 Å². The Hall–Kier alpha value is -2.29. The average molecular weight is 467 g/mol. The number of sulfonamides is 1. The molecule has 32 heavy (non-hydrogen) atoms. The van der Waals surface area contributed by atoms with Crippen LogP contribution in [0.15, 0.2) is 12.1 Å². The van der Waals surface area contributed by atoms with Gasteiger partial charge in [-0.15, -0.1) is 0 Å². The van der Waals surface area contributed by atoms with Crippen LogP contribution in [-0.4, -0.2) is 39.1 Å². The first-order valence-electron chi connectivity index (χ1n) is 11.3. The van der Waals surface area contributed by atoms with Gasteiger partial charge in [0.15, 0.2) is 0 Å². The molecule has 1 aromatic rings. The third kappa shape index (κ3) is 4.31. The first-order valence-corrected chi connectivity index (χ1v) is 12.9. The summed E-state index contributed by atoms with van der Waals surface area (Å²) < 4.78 is 40.5. The number of rotatable bonds is 10. The van der Waals surface area contributed by atoms with Crippen molar-refractivity contribution in [3.63, 3.8) is 0 Å². The Morgan fingerprint density at radius 1 is 1.09 bits per heavy atom. The number of ketones is 1. The lowest BCUT2D eigenvalue weighted by Crippen LogP contribution is -2.43. The average Bonchev–Trinajstić information content (AvgIpc) is 3.05. The van der Waals surface area contributed by atoms with Crippen LogP contribution in [0.1, 0.15) is 60.3 Å². The third-order valence-corrected chi connectivity index (χ3v) is 8.52. The van der Waals surface area contributed by atoms with Crippen LogP contribution in [0.3, 0.4) is 0 Å². The number of carbonyl (C=O) groups excluding carboxylic acids is 2. The number of amides is 1. The molecule has 0 aromatic heterocycles. The maximum absolute atomic E-state index is 13.3. The predicted octanol–water partition coefficient (Wildman–Crippen LogP) is 3.97. The Morgan fingerprint density at radius 2 is 1.69 bits per heavy atom. The number of ether oxygens (including phenoxy) is 2. The summed E-state index contributed by atoms with van der Waals surface area (Å²) in [6.45, 7) is 9.99. The van der Waals surface area contributed by atoms with Crippen LogP contribution in [0.2, 0.25) is 0 Å². The van der Waals surface area contributed by atoms with Crippen LogP contribution in [-0.2, 0) is 19.6 Å². The molecule has 2 aliphatic rings. The molecule has 0 saturated heterocycles. The Labute approximate surface area is 190 Å². The number of fused-ring (bicyclic) bond motifs is 2. The number of carbonyl (C=O) groups is 2. The summed E-state index contributed by atoms with van der Waals surface area (Å²) >= 11 is 0. The minimum atomic E-state index is -3.87. The van der Waals surface area contributed by atoms with Crippen molar-refractivity contribution >= 4 is 33.1 Å². The molecule has 2 unspecified atom stereocenters. The predicted molar refractivity (Wildman–Crippen MR) is 124 cm³/mol. The van der Waals surface area contributed by atoms with Crippen LogP contribution in [0.5, 0.6) is 11.5 Å². The molecule has 2 atom stereocenters. The lowest BCUT2D eigenvalue weighted by atomic mass is 9.70. The minimum absolute atomic E-state index is 0.0433. The normalized spacial score (nSPS) is 23.8. The maximum atomic E-state index is 13.3. The molecule has 8 nitrogen and oxygen atoms in total. The number of anilines is 2. The number of nitrogens with one attached hydrogen (secondary N) is 2. The molecule has 1 aromatic carbocycles. The van der Waals surface area contributed by atoms with E-state index >= 15 is 0 Å². The van der Waals surface area contributed by atoms with Gasteiger partial charge >= 0.3 is 0 Å². The molecule has 0 aliphatic heterocycles. The summed E-state index contributed by atoms with van der Waals surface area (Å²) in [7, 11) is -3.87. The van der Waals surface area contributed by atoms with Crippen LogP contribution in [0.4, 0.5) is 11.4 Å². The topological polar surface area (TPSA) is 111 Å². The Kier molecular flexibility index (Phi) is 6.79. The van der Waals surface area contributed by atoms with Crippen molar-refractivity contribution in [1.82, 2.24) is 0 Å². The summed E-state index contributed by atoms with van der Waals surface area (Å²) in [5, 5.41) is 2.76. The molecule has 2 N–H and O–H groups in total. The summed E-state index contributed by atoms with van der Waals surface area (Å²) in [4.78, 5) is 24.7. The molecule has 0 radical (unpaired) electrons. The van der Waals surface area contributed by atoms with E-state index in [1.807, 2.05) is 13.8 Å². The van der Waals surface area contributed by atoms with Gasteiger partial charge in [-0.2, -0.15) is 0 Å². The molecule has 0 heterocycles. The molecule has 2 bridgehead atoms. The molecule has 0 spiro atoms. The van der Waals surface area contributed by atoms with E-state index in [1.54, 1.807) is 26.8 Å². The summed E-state index contributed by atoms with van der Waals surface area (Å²) in [6.07, 6.45) is 2.21. The lowest BCUT2D eigenvalue weighted by Gasteiger charge is -2.36. The number of hydrogen-bond acceptors (Lipinski definition) is 6. The zero-order valence-electron chi connectivity index (χ0n) is 19.5. The molecule has 2 saturated carbocycles. The molecule has 178 valence electrons. The number of hydrogen-bond donors (Lipinski definition) is 2. The van der Waals surface area contributed by atoms with Gasteiger partial charge < -0.3 is 14.8 Å². The van der Waals surface area contributed by atoms with E-state index in [4.69, 9.17) is 9.47 Å². The van der Waals surface area contributed by atoms with Crippen molar-refractivity contribution in [2.45, 2.75) is 60.3 Å². The van der Waals surface area contributed by atoms with E-state index in [9.17, 15) is 18.0 Å².